The number of anilines is 1. The molecule has 0 aliphatic rings. The Morgan fingerprint density at radius 1 is 1.21 bits per heavy atom. The number of pyridine rings is 1. The molecule has 3 heteroatoms. The number of fused-ring (bicyclic) bond motifs is 1. The standard InChI is InChI=1S/C16H22N2O/c1-3-5-10-18(4-2)16-11-13(12-19)14-8-6-7-9-15(14)17-16/h6-9,11,19H,3-5,10,12H2,1-2H3. The Morgan fingerprint density at radius 3 is 2.68 bits per heavy atom. The fourth-order valence-corrected chi connectivity index (χ4v) is 2.31. The number of aliphatic hydroxyl groups excluding tert-OH is 1. The molecular weight excluding hydrogens is 236 g/mol. The fourth-order valence-electron chi connectivity index (χ4n) is 2.31. The molecule has 0 aliphatic carbocycles. The number of hydrogen-bond donors (Lipinski definition) is 1. The molecule has 1 heterocycles. The van der Waals surface area contributed by atoms with Gasteiger partial charge < -0.3 is 10.0 Å². The van der Waals surface area contributed by atoms with Gasteiger partial charge in [0, 0.05) is 18.5 Å². The largest absolute Gasteiger partial charge is 0.392 e. The van der Waals surface area contributed by atoms with Gasteiger partial charge in [0.05, 0.1) is 12.1 Å². The van der Waals surface area contributed by atoms with Crippen molar-refractivity contribution in [2.75, 3.05) is 18.0 Å². The molecule has 2 rings (SSSR count). The molecule has 0 saturated carbocycles. The number of rotatable bonds is 6. The lowest BCUT2D eigenvalue weighted by Gasteiger charge is -2.23. The number of benzene rings is 1. The van der Waals surface area contributed by atoms with E-state index in [9.17, 15) is 5.11 Å². The summed E-state index contributed by atoms with van der Waals surface area (Å²) in [5.74, 6) is 0.971. The average Bonchev–Trinajstić information content (AvgIpc) is 2.47. The van der Waals surface area contributed by atoms with Crippen LogP contribution in [0.1, 0.15) is 32.3 Å². The maximum absolute atomic E-state index is 9.54. The molecule has 1 N–H and O–H groups in total. The van der Waals surface area contributed by atoms with Gasteiger partial charge >= 0.3 is 0 Å². The second-order valence-electron chi connectivity index (χ2n) is 4.75. The van der Waals surface area contributed by atoms with Gasteiger partial charge in [-0.05, 0) is 31.0 Å². The number of nitrogens with zero attached hydrogens (tertiary/aromatic N) is 2. The first-order chi connectivity index (χ1) is 9.30. The lowest BCUT2D eigenvalue weighted by molar-refractivity contribution is 0.283. The Morgan fingerprint density at radius 2 is 2.00 bits per heavy atom. The van der Waals surface area contributed by atoms with Crippen molar-refractivity contribution in [1.29, 1.82) is 0 Å². The molecule has 0 spiro atoms. The Hall–Kier alpha value is -1.61. The second kappa shape index (κ2) is 6.53. The molecule has 3 nitrogen and oxygen atoms in total. The Kier molecular flexibility index (Phi) is 4.74. The van der Waals surface area contributed by atoms with E-state index in [2.05, 4.69) is 18.7 Å². The molecule has 0 radical (unpaired) electrons. The Bertz CT molecular complexity index is 539. The summed E-state index contributed by atoms with van der Waals surface area (Å²) in [4.78, 5) is 7.00. The molecule has 102 valence electrons. The first kappa shape index (κ1) is 13.8. The van der Waals surface area contributed by atoms with Gasteiger partial charge in [0.2, 0.25) is 0 Å². The van der Waals surface area contributed by atoms with Crippen molar-refractivity contribution >= 4 is 16.7 Å². The van der Waals surface area contributed by atoms with E-state index in [1.165, 1.54) is 6.42 Å². The summed E-state index contributed by atoms with van der Waals surface area (Å²) in [5.41, 5.74) is 1.91. The van der Waals surface area contributed by atoms with Gasteiger partial charge in [0.25, 0.3) is 0 Å². The van der Waals surface area contributed by atoms with Crippen molar-refractivity contribution in [3.05, 3.63) is 35.9 Å². The van der Waals surface area contributed by atoms with Gasteiger partial charge in [-0.1, -0.05) is 31.5 Å². The lowest BCUT2D eigenvalue weighted by atomic mass is 10.1. The quantitative estimate of drug-likeness (QED) is 0.863. The van der Waals surface area contributed by atoms with E-state index < -0.39 is 0 Å². The number of unbranched alkanes of at least 4 members (excludes halogenated alkanes) is 1. The molecular formula is C16H22N2O. The molecule has 0 aliphatic heterocycles. The first-order valence-electron chi connectivity index (χ1n) is 7.04. The maximum Gasteiger partial charge on any atom is 0.129 e. The van der Waals surface area contributed by atoms with E-state index in [1.54, 1.807) is 0 Å². The van der Waals surface area contributed by atoms with Crippen LogP contribution in [0, 0.1) is 0 Å². The monoisotopic (exact) mass is 258 g/mol. The van der Waals surface area contributed by atoms with Crippen LogP contribution >= 0.6 is 0 Å². The van der Waals surface area contributed by atoms with Gasteiger partial charge in [-0.25, -0.2) is 4.98 Å². The predicted octanol–water partition coefficient (Wildman–Crippen LogP) is 3.35. The smallest absolute Gasteiger partial charge is 0.129 e. The minimum atomic E-state index is 0.0569. The summed E-state index contributed by atoms with van der Waals surface area (Å²) < 4.78 is 0. The number of para-hydroxylation sites is 1. The molecule has 0 atom stereocenters. The van der Waals surface area contributed by atoms with E-state index in [0.717, 1.165) is 41.8 Å². The van der Waals surface area contributed by atoms with Crippen LogP contribution in [0.15, 0.2) is 30.3 Å². The van der Waals surface area contributed by atoms with Gasteiger partial charge in [0.1, 0.15) is 5.82 Å². The highest BCUT2D eigenvalue weighted by molar-refractivity contribution is 5.84. The minimum Gasteiger partial charge on any atom is -0.392 e. The molecule has 0 unspecified atom stereocenters. The molecule has 0 amide bonds. The summed E-state index contributed by atoms with van der Waals surface area (Å²) >= 11 is 0. The molecule has 0 saturated heterocycles. The summed E-state index contributed by atoms with van der Waals surface area (Å²) in [6, 6.07) is 10.0. The van der Waals surface area contributed by atoms with Crippen LogP contribution in [-0.2, 0) is 6.61 Å². The molecule has 0 bridgehead atoms. The van der Waals surface area contributed by atoms with Crippen LogP contribution in [0.5, 0.6) is 0 Å². The summed E-state index contributed by atoms with van der Waals surface area (Å²) in [7, 11) is 0. The maximum atomic E-state index is 9.54. The summed E-state index contributed by atoms with van der Waals surface area (Å²) in [5, 5.41) is 10.6. The zero-order chi connectivity index (χ0) is 13.7. The van der Waals surface area contributed by atoms with Crippen LogP contribution in [0.25, 0.3) is 10.9 Å². The molecule has 2 aromatic rings. The fraction of sp³-hybridized carbons (Fsp3) is 0.438. The van der Waals surface area contributed by atoms with Crippen molar-refractivity contribution in [3.63, 3.8) is 0 Å². The van der Waals surface area contributed by atoms with Crippen LogP contribution in [0.3, 0.4) is 0 Å². The van der Waals surface area contributed by atoms with E-state index in [0.29, 0.717) is 0 Å². The zero-order valence-corrected chi connectivity index (χ0v) is 11.8. The molecule has 1 aromatic carbocycles. The second-order valence-corrected chi connectivity index (χ2v) is 4.75. The van der Waals surface area contributed by atoms with Crippen molar-refractivity contribution in [3.8, 4) is 0 Å². The van der Waals surface area contributed by atoms with Gasteiger partial charge in [-0.2, -0.15) is 0 Å². The molecule has 19 heavy (non-hydrogen) atoms. The summed E-state index contributed by atoms with van der Waals surface area (Å²) in [6.07, 6.45) is 2.34. The third-order valence-corrected chi connectivity index (χ3v) is 3.45. The van der Waals surface area contributed by atoms with Crippen molar-refractivity contribution in [1.82, 2.24) is 4.98 Å². The van der Waals surface area contributed by atoms with Crippen LogP contribution < -0.4 is 4.90 Å². The van der Waals surface area contributed by atoms with Crippen molar-refractivity contribution in [2.45, 2.75) is 33.3 Å². The van der Waals surface area contributed by atoms with E-state index >= 15 is 0 Å². The molecule has 0 fully saturated rings. The normalized spacial score (nSPS) is 10.9. The van der Waals surface area contributed by atoms with Crippen molar-refractivity contribution in [2.24, 2.45) is 0 Å². The van der Waals surface area contributed by atoms with E-state index in [-0.39, 0.29) is 6.61 Å². The minimum absolute atomic E-state index is 0.0569. The highest BCUT2D eigenvalue weighted by atomic mass is 16.3. The first-order valence-corrected chi connectivity index (χ1v) is 7.04. The van der Waals surface area contributed by atoms with Gasteiger partial charge in [0.15, 0.2) is 0 Å². The van der Waals surface area contributed by atoms with Crippen molar-refractivity contribution < 1.29 is 5.11 Å². The summed E-state index contributed by atoms with van der Waals surface area (Å²) in [6.45, 7) is 6.35. The third kappa shape index (κ3) is 3.04. The molecule has 1 aromatic heterocycles. The van der Waals surface area contributed by atoms with Crippen LogP contribution in [-0.4, -0.2) is 23.2 Å². The van der Waals surface area contributed by atoms with Gasteiger partial charge in [-0.15, -0.1) is 0 Å². The van der Waals surface area contributed by atoms with Crippen LogP contribution in [0.2, 0.25) is 0 Å². The number of aliphatic hydroxyl groups is 1. The van der Waals surface area contributed by atoms with Gasteiger partial charge in [-0.3, -0.25) is 0 Å². The third-order valence-electron chi connectivity index (χ3n) is 3.45. The number of hydrogen-bond acceptors (Lipinski definition) is 3. The van der Waals surface area contributed by atoms with Crippen LogP contribution in [0.4, 0.5) is 5.82 Å². The topological polar surface area (TPSA) is 36.4 Å². The number of aromatic nitrogens is 1. The zero-order valence-electron chi connectivity index (χ0n) is 11.8. The Balaban J connectivity index is 2.42. The van der Waals surface area contributed by atoms with E-state index in [4.69, 9.17) is 4.98 Å². The predicted molar refractivity (Wildman–Crippen MR) is 80.5 cm³/mol. The average molecular weight is 258 g/mol. The van der Waals surface area contributed by atoms with E-state index in [1.807, 2.05) is 30.3 Å². The highest BCUT2D eigenvalue weighted by Gasteiger charge is 2.09. The Labute approximate surface area is 114 Å². The lowest BCUT2D eigenvalue weighted by Crippen LogP contribution is -2.25. The highest BCUT2D eigenvalue weighted by Crippen LogP contribution is 2.23. The SMILES string of the molecule is CCCCN(CC)c1cc(CO)c2ccccc2n1.